The third kappa shape index (κ3) is 3.11. The first-order chi connectivity index (χ1) is 13.4. The van der Waals surface area contributed by atoms with E-state index in [1.807, 2.05) is 72.2 Å². The number of carbonyl (C=O) groups is 2. The Hall–Kier alpha value is -2.62. The number of hydrogen-bond donors (Lipinski definition) is 0. The maximum absolute atomic E-state index is 13.6. The van der Waals surface area contributed by atoms with Crippen molar-refractivity contribution in [3.05, 3.63) is 65.7 Å². The van der Waals surface area contributed by atoms with Crippen molar-refractivity contribution in [2.75, 3.05) is 4.90 Å². The van der Waals surface area contributed by atoms with Gasteiger partial charge in [0.1, 0.15) is 5.41 Å². The van der Waals surface area contributed by atoms with Crippen molar-refractivity contribution in [3.63, 3.8) is 0 Å². The van der Waals surface area contributed by atoms with Gasteiger partial charge in [0.05, 0.1) is 0 Å². The number of anilines is 1. The number of benzene rings is 2. The van der Waals surface area contributed by atoms with Gasteiger partial charge in [-0.25, -0.2) is 0 Å². The Balaban J connectivity index is 1.60. The number of nitrogens with zero attached hydrogens (tertiary/aromatic N) is 2. The number of hydrogen-bond acceptors (Lipinski definition) is 2. The maximum Gasteiger partial charge on any atom is 0.242 e. The first kappa shape index (κ1) is 18.7. The summed E-state index contributed by atoms with van der Waals surface area (Å²) in [6.45, 7) is 6.66. The van der Waals surface area contributed by atoms with Gasteiger partial charge >= 0.3 is 0 Å². The van der Waals surface area contributed by atoms with Gasteiger partial charge in [0, 0.05) is 24.3 Å². The van der Waals surface area contributed by atoms with Gasteiger partial charge < -0.3 is 9.80 Å². The van der Waals surface area contributed by atoms with Gasteiger partial charge in [-0.1, -0.05) is 48.5 Å². The van der Waals surface area contributed by atoms with Crippen molar-refractivity contribution in [2.24, 2.45) is 5.41 Å². The van der Waals surface area contributed by atoms with E-state index in [1.54, 1.807) is 0 Å². The molecule has 4 heteroatoms. The number of amides is 2. The monoisotopic (exact) mass is 376 g/mol. The first-order valence-corrected chi connectivity index (χ1v) is 10.2. The molecule has 146 valence electrons. The van der Waals surface area contributed by atoms with Crippen molar-refractivity contribution in [1.29, 1.82) is 0 Å². The van der Waals surface area contributed by atoms with Crippen LogP contribution in [0.1, 0.15) is 44.7 Å². The molecule has 2 aromatic rings. The van der Waals surface area contributed by atoms with Gasteiger partial charge in [-0.3, -0.25) is 9.59 Å². The van der Waals surface area contributed by atoms with Crippen molar-refractivity contribution >= 4 is 17.5 Å². The Kier molecular flexibility index (Phi) is 4.74. The fourth-order valence-corrected chi connectivity index (χ4v) is 4.29. The van der Waals surface area contributed by atoms with E-state index in [2.05, 4.69) is 13.0 Å². The Morgan fingerprint density at radius 3 is 2.36 bits per heavy atom. The van der Waals surface area contributed by atoms with Gasteiger partial charge in [-0.15, -0.1) is 0 Å². The lowest BCUT2D eigenvalue weighted by atomic mass is 10.0. The van der Waals surface area contributed by atoms with Crippen molar-refractivity contribution < 1.29 is 9.59 Å². The normalized spacial score (nSPS) is 19.4. The second-order valence-electron chi connectivity index (χ2n) is 8.45. The highest BCUT2D eigenvalue weighted by molar-refractivity contribution is 6.15. The van der Waals surface area contributed by atoms with E-state index in [0.717, 1.165) is 17.7 Å². The van der Waals surface area contributed by atoms with Crippen LogP contribution in [0.3, 0.4) is 0 Å². The van der Waals surface area contributed by atoms with E-state index in [4.69, 9.17) is 0 Å². The highest BCUT2D eigenvalue weighted by Crippen LogP contribution is 2.51. The second kappa shape index (κ2) is 7.08. The Morgan fingerprint density at radius 1 is 1.07 bits per heavy atom. The number of para-hydroxylation sites is 1. The van der Waals surface area contributed by atoms with E-state index in [-0.39, 0.29) is 23.9 Å². The highest BCUT2D eigenvalue weighted by atomic mass is 16.2. The summed E-state index contributed by atoms with van der Waals surface area (Å²) in [5.74, 6) is -0.0402. The molecule has 28 heavy (non-hydrogen) atoms. The van der Waals surface area contributed by atoms with Crippen LogP contribution in [0.4, 0.5) is 5.69 Å². The summed E-state index contributed by atoms with van der Waals surface area (Å²) in [6.07, 6.45) is 2.15. The molecule has 2 amide bonds. The molecule has 0 saturated heterocycles. The molecule has 0 N–H and O–H groups in total. The fraction of sp³-hybridized carbons (Fsp3) is 0.417. The lowest BCUT2D eigenvalue weighted by molar-refractivity contribution is -0.145. The summed E-state index contributed by atoms with van der Waals surface area (Å²) in [5.41, 5.74) is 2.37. The summed E-state index contributed by atoms with van der Waals surface area (Å²) in [7, 11) is 0. The summed E-state index contributed by atoms with van der Waals surface area (Å²) in [6, 6.07) is 18.2. The average molecular weight is 377 g/mol. The molecule has 1 fully saturated rings. The Morgan fingerprint density at radius 2 is 1.71 bits per heavy atom. The van der Waals surface area contributed by atoms with Crippen LogP contribution in [0.15, 0.2) is 54.6 Å². The zero-order chi connectivity index (χ0) is 19.9. The Labute approximate surface area is 167 Å². The molecule has 1 aliphatic heterocycles. The summed E-state index contributed by atoms with van der Waals surface area (Å²) in [4.78, 5) is 30.9. The predicted octanol–water partition coefficient (Wildman–Crippen LogP) is 4.18. The molecular weight excluding hydrogens is 348 g/mol. The maximum atomic E-state index is 13.6. The van der Waals surface area contributed by atoms with E-state index >= 15 is 0 Å². The van der Waals surface area contributed by atoms with Crippen LogP contribution >= 0.6 is 0 Å². The molecule has 1 atom stereocenters. The van der Waals surface area contributed by atoms with Crippen molar-refractivity contribution in [2.45, 2.75) is 58.7 Å². The number of fused-ring (bicyclic) bond motifs is 1. The molecule has 1 unspecified atom stereocenters. The van der Waals surface area contributed by atoms with Crippen molar-refractivity contribution in [1.82, 2.24) is 4.90 Å². The molecule has 2 aliphatic rings. The van der Waals surface area contributed by atoms with Gasteiger partial charge in [0.2, 0.25) is 11.8 Å². The van der Waals surface area contributed by atoms with E-state index in [9.17, 15) is 9.59 Å². The largest absolute Gasteiger partial charge is 0.335 e. The molecule has 1 aliphatic carbocycles. The number of carbonyl (C=O) groups excluding carboxylic acids is 2. The van der Waals surface area contributed by atoms with E-state index in [0.29, 0.717) is 19.4 Å². The van der Waals surface area contributed by atoms with Crippen LogP contribution in [-0.2, 0) is 22.6 Å². The standard InChI is InChI=1S/C24H28N2O2/c1-17(2)25(16-19-9-5-4-6-10-19)22(27)24(13-14-24)23(28)26-18(3)15-20-11-7-8-12-21(20)26/h4-12,17-18H,13-16H2,1-3H3. The van der Waals surface area contributed by atoms with E-state index < -0.39 is 5.41 Å². The average Bonchev–Trinajstić information content (AvgIpc) is 3.43. The van der Waals surface area contributed by atoms with Crippen LogP contribution in [-0.4, -0.2) is 28.8 Å². The van der Waals surface area contributed by atoms with Crippen LogP contribution in [0.2, 0.25) is 0 Å². The van der Waals surface area contributed by atoms with Crippen LogP contribution < -0.4 is 4.90 Å². The molecule has 0 bridgehead atoms. The predicted molar refractivity (Wildman–Crippen MR) is 111 cm³/mol. The molecule has 1 heterocycles. The van der Waals surface area contributed by atoms with Crippen LogP contribution in [0.25, 0.3) is 0 Å². The zero-order valence-electron chi connectivity index (χ0n) is 16.9. The SMILES string of the molecule is CC(C)N(Cc1ccccc1)C(=O)C1(C(=O)N2c3ccccc3CC2C)CC1. The van der Waals surface area contributed by atoms with Gasteiger partial charge in [0.25, 0.3) is 0 Å². The molecular formula is C24H28N2O2. The Bertz CT molecular complexity index is 886. The minimum Gasteiger partial charge on any atom is -0.335 e. The third-order valence-corrected chi connectivity index (χ3v) is 6.07. The van der Waals surface area contributed by atoms with Gasteiger partial charge in [-0.2, -0.15) is 0 Å². The zero-order valence-corrected chi connectivity index (χ0v) is 16.9. The highest BCUT2D eigenvalue weighted by Gasteiger charge is 2.60. The summed E-state index contributed by atoms with van der Waals surface area (Å²) < 4.78 is 0. The first-order valence-electron chi connectivity index (χ1n) is 10.2. The topological polar surface area (TPSA) is 40.6 Å². The summed E-state index contributed by atoms with van der Waals surface area (Å²) in [5, 5.41) is 0. The number of rotatable bonds is 5. The molecule has 0 spiro atoms. The van der Waals surface area contributed by atoms with Gasteiger partial charge in [0.15, 0.2) is 0 Å². The quantitative estimate of drug-likeness (QED) is 0.735. The minimum absolute atomic E-state index is 0.0198. The molecule has 0 aromatic heterocycles. The van der Waals surface area contributed by atoms with Crippen molar-refractivity contribution in [3.8, 4) is 0 Å². The lowest BCUT2D eigenvalue weighted by Crippen LogP contribution is -2.50. The van der Waals surface area contributed by atoms with Crippen LogP contribution in [0.5, 0.6) is 0 Å². The molecule has 4 nitrogen and oxygen atoms in total. The summed E-state index contributed by atoms with van der Waals surface area (Å²) >= 11 is 0. The smallest absolute Gasteiger partial charge is 0.242 e. The van der Waals surface area contributed by atoms with E-state index in [1.165, 1.54) is 5.56 Å². The molecule has 0 radical (unpaired) electrons. The lowest BCUT2D eigenvalue weighted by Gasteiger charge is -2.33. The molecule has 4 rings (SSSR count). The second-order valence-corrected chi connectivity index (χ2v) is 8.45. The molecule has 1 saturated carbocycles. The minimum atomic E-state index is -0.884. The molecule has 2 aromatic carbocycles. The van der Waals surface area contributed by atoms with Crippen LogP contribution in [0, 0.1) is 5.41 Å². The van der Waals surface area contributed by atoms with Gasteiger partial charge in [-0.05, 0) is 57.2 Å². The fourth-order valence-electron chi connectivity index (χ4n) is 4.29. The third-order valence-electron chi connectivity index (χ3n) is 6.07.